The number of nitrogens with one attached hydrogen (secondary N) is 1. The molecule has 6 nitrogen and oxygen atoms in total. The zero-order chi connectivity index (χ0) is 19.3. The second-order valence-electron chi connectivity index (χ2n) is 5.51. The van der Waals surface area contributed by atoms with Crippen LogP contribution in [-0.4, -0.2) is 38.4 Å². The Morgan fingerprint density at radius 1 is 1.19 bits per heavy atom. The van der Waals surface area contributed by atoms with Gasteiger partial charge in [-0.1, -0.05) is 53.0 Å². The molecule has 2 aromatic carbocycles. The molecule has 0 aromatic heterocycles. The maximum absolute atomic E-state index is 12.4. The summed E-state index contributed by atoms with van der Waals surface area (Å²) in [5.41, 5.74) is 3.73. The number of aryl methyl sites for hydroxylation is 1. The fourth-order valence-corrected chi connectivity index (χ4v) is 3.49. The molecule has 0 saturated carbocycles. The number of carbonyl (C=O) groups is 1. The zero-order valence-electron chi connectivity index (χ0n) is 14.1. The van der Waals surface area contributed by atoms with Crippen molar-refractivity contribution in [2.75, 3.05) is 13.6 Å². The smallest absolute Gasteiger partial charge is 0.255 e. The lowest BCUT2D eigenvalue weighted by atomic mass is 10.2. The van der Waals surface area contributed by atoms with Crippen LogP contribution in [0.2, 0.25) is 10.0 Å². The summed E-state index contributed by atoms with van der Waals surface area (Å²) in [5, 5.41) is 4.45. The van der Waals surface area contributed by atoms with Gasteiger partial charge >= 0.3 is 0 Å². The van der Waals surface area contributed by atoms with E-state index in [1.165, 1.54) is 25.4 Å². The standard InChI is InChI=1S/C17H17Cl2N3O3S/c1-12-6-8-14(9-7-12)26(24,25)22(2)11-16(23)21-20-10-13-4-3-5-15(18)17(13)19/h3-10H,11H2,1-2H3,(H,21,23)/b20-10+. The third-order valence-electron chi connectivity index (χ3n) is 3.47. The normalized spacial score (nSPS) is 11.9. The topological polar surface area (TPSA) is 78.8 Å². The summed E-state index contributed by atoms with van der Waals surface area (Å²) < 4.78 is 25.8. The summed E-state index contributed by atoms with van der Waals surface area (Å²) in [4.78, 5) is 12.1. The van der Waals surface area contributed by atoms with Gasteiger partial charge in [0.25, 0.3) is 5.91 Å². The number of benzene rings is 2. The third kappa shape index (κ3) is 5.04. The first-order valence-corrected chi connectivity index (χ1v) is 9.70. The molecule has 0 saturated heterocycles. The number of hydrazone groups is 1. The molecule has 0 aliphatic heterocycles. The molecule has 2 rings (SSSR count). The Morgan fingerprint density at radius 2 is 1.85 bits per heavy atom. The van der Waals surface area contributed by atoms with Crippen molar-refractivity contribution in [2.24, 2.45) is 5.10 Å². The Balaban J connectivity index is 1.99. The van der Waals surface area contributed by atoms with Crippen molar-refractivity contribution in [1.29, 1.82) is 0 Å². The van der Waals surface area contributed by atoms with Crippen LogP contribution in [0.25, 0.3) is 0 Å². The quantitative estimate of drug-likeness (QED) is 0.583. The van der Waals surface area contributed by atoms with Crippen molar-refractivity contribution >= 4 is 45.3 Å². The minimum Gasteiger partial charge on any atom is -0.272 e. The Kier molecular flexibility index (Phi) is 6.77. The summed E-state index contributed by atoms with van der Waals surface area (Å²) in [7, 11) is -2.43. The zero-order valence-corrected chi connectivity index (χ0v) is 16.4. The monoisotopic (exact) mass is 413 g/mol. The van der Waals surface area contributed by atoms with Crippen LogP contribution in [0.5, 0.6) is 0 Å². The van der Waals surface area contributed by atoms with Gasteiger partial charge in [-0.25, -0.2) is 13.8 Å². The fourth-order valence-electron chi connectivity index (χ4n) is 2.01. The van der Waals surface area contributed by atoms with Crippen LogP contribution in [0.1, 0.15) is 11.1 Å². The average Bonchev–Trinajstić information content (AvgIpc) is 2.59. The highest BCUT2D eigenvalue weighted by molar-refractivity contribution is 7.89. The predicted octanol–water partition coefficient (Wildman–Crippen LogP) is 3.07. The molecule has 1 N–H and O–H groups in total. The van der Waals surface area contributed by atoms with Gasteiger partial charge in [0.1, 0.15) is 0 Å². The number of sulfonamides is 1. The summed E-state index contributed by atoms with van der Waals surface area (Å²) in [6.07, 6.45) is 1.33. The summed E-state index contributed by atoms with van der Waals surface area (Å²) in [6, 6.07) is 11.4. The lowest BCUT2D eigenvalue weighted by Gasteiger charge is -2.16. The van der Waals surface area contributed by atoms with Crippen molar-refractivity contribution < 1.29 is 13.2 Å². The Morgan fingerprint density at radius 3 is 2.50 bits per heavy atom. The van der Waals surface area contributed by atoms with E-state index in [2.05, 4.69) is 10.5 Å². The largest absolute Gasteiger partial charge is 0.272 e. The predicted molar refractivity (Wildman–Crippen MR) is 103 cm³/mol. The highest BCUT2D eigenvalue weighted by Crippen LogP contribution is 2.24. The molecule has 0 aliphatic carbocycles. The molecule has 0 fully saturated rings. The maximum Gasteiger partial charge on any atom is 0.255 e. The number of hydrogen-bond donors (Lipinski definition) is 1. The van der Waals surface area contributed by atoms with Crippen LogP contribution >= 0.6 is 23.2 Å². The van der Waals surface area contributed by atoms with Gasteiger partial charge in [-0.3, -0.25) is 4.79 Å². The van der Waals surface area contributed by atoms with Crippen molar-refractivity contribution in [1.82, 2.24) is 9.73 Å². The molecule has 0 aliphatic rings. The molecule has 1 amide bonds. The second-order valence-corrected chi connectivity index (χ2v) is 8.34. The second kappa shape index (κ2) is 8.64. The molecule has 26 heavy (non-hydrogen) atoms. The van der Waals surface area contributed by atoms with Gasteiger partial charge in [-0.05, 0) is 25.1 Å². The summed E-state index contributed by atoms with van der Waals surface area (Å²) in [5.74, 6) is -0.586. The Labute approximate surface area is 162 Å². The highest BCUT2D eigenvalue weighted by Gasteiger charge is 2.22. The van der Waals surface area contributed by atoms with Crippen molar-refractivity contribution in [2.45, 2.75) is 11.8 Å². The van der Waals surface area contributed by atoms with Gasteiger partial charge in [0.15, 0.2) is 0 Å². The molecule has 138 valence electrons. The van der Waals surface area contributed by atoms with E-state index < -0.39 is 15.9 Å². The van der Waals surface area contributed by atoms with Gasteiger partial charge in [0.05, 0.1) is 27.7 Å². The highest BCUT2D eigenvalue weighted by atomic mass is 35.5. The Hall–Kier alpha value is -1.93. The van der Waals surface area contributed by atoms with Crippen LogP contribution < -0.4 is 5.43 Å². The molecule has 0 radical (unpaired) electrons. The van der Waals surface area contributed by atoms with Crippen molar-refractivity contribution in [3.8, 4) is 0 Å². The van der Waals surface area contributed by atoms with Crippen LogP contribution in [-0.2, 0) is 14.8 Å². The van der Waals surface area contributed by atoms with E-state index in [1.807, 2.05) is 6.92 Å². The molecular formula is C17H17Cl2N3O3S. The lowest BCUT2D eigenvalue weighted by Crippen LogP contribution is -2.36. The van der Waals surface area contributed by atoms with E-state index >= 15 is 0 Å². The van der Waals surface area contributed by atoms with Gasteiger partial charge in [0, 0.05) is 12.6 Å². The number of hydrogen-bond acceptors (Lipinski definition) is 4. The Bertz CT molecular complexity index is 929. The molecule has 0 atom stereocenters. The molecule has 0 bridgehead atoms. The van der Waals surface area contributed by atoms with E-state index in [0.29, 0.717) is 15.6 Å². The first kappa shape index (κ1) is 20.4. The number of carbonyl (C=O) groups excluding carboxylic acids is 1. The summed E-state index contributed by atoms with van der Waals surface area (Å²) >= 11 is 11.9. The third-order valence-corrected chi connectivity index (χ3v) is 6.12. The van der Waals surface area contributed by atoms with Crippen LogP contribution in [0, 0.1) is 6.92 Å². The van der Waals surface area contributed by atoms with Gasteiger partial charge < -0.3 is 0 Å². The molecule has 9 heteroatoms. The van der Waals surface area contributed by atoms with E-state index in [9.17, 15) is 13.2 Å². The lowest BCUT2D eigenvalue weighted by molar-refractivity contribution is -0.121. The first-order valence-electron chi connectivity index (χ1n) is 7.50. The maximum atomic E-state index is 12.4. The minimum atomic E-state index is -3.76. The van der Waals surface area contributed by atoms with E-state index in [0.717, 1.165) is 9.87 Å². The number of rotatable bonds is 6. The van der Waals surface area contributed by atoms with Crippen molar-refractivity contribution in [3.05, 3.63) is 63.6 Å². The molecule has 0 spiro atoms. The SMILES string of the molecule is Cc1ccc(S(=O)(=O)N(C)CC(=O)N/N=C/c2cccc(Cl)c2Cl)cc1. The van der Waals surface area contributed by atoms with E-state index in [1.54, 1.807) is 30.3 Å². The molecular weight excluding hydrogens is 397 g/mol. The van der Waals surface area contributed by atoms with Crippen LogP contribution in [0.4, 0.5) is 0 Å². The van der Waals surface area contributed by atoms with Gasteiger partial charge in [-0.2, -0.15) is 9.41 Å². The summed E-state index contributed by atoms with van der Waals surface area (Å²) in [6.45, 7) is 1.48. The van der Waals surface area contributed by atoms with Crippen molar-refractivity contribution in [3.63, 3.8) is 0 Å². The molecule has 2 aromatic rings. The number of amides is 1. The van der Waals surface area contributed by atoms with Crippen LogP contribution in [0.15, 0.2) is 52.5 Å². The number of nitrogens with zero attached hydrogens (tertiary/aromatic N) is 2. The number of halogens is 2. The van der Waals surface area contributed by atoms with Crippen LogP contribution in [0.3, 0.4) is 0 Å². The first-order chi connectivity index (χ1) is 12.2. The minimum absolute atomic E-state index is 0.118. The van der Waals surface area contributed by atoms with E-state index in [4.69, 9.17) is 23.2 Å². The van der Waals surface area contributed by atoms with E-state index in [-0.39, 0.29) is 11.4 Å². The average molecular weight is 414 g/mol. The molecule has 0 heterocycles. The fraction of sp³-hybridized carbons (Fsp3) is 0.176. The number of likely N-dealkylation sites (N-methyl/N-ethyl adjacent to an activating group) is 1. The van der Waals surface area contributed by atoms with Gasteiger partial charge in [-0.15, -0.1) is 0 Å². The van der Waals surface area contributed by atoms with Gasteiger partial charge in [0.2, 0.25) is 10.0 Å². The molecule has 0 unspecified atom stereocenters.